The van der Waals surface area contributed by atoms with E-state index in [4.69, 9.17) is 9.15 Å². The van der Waals surface area contributed by atoms with Crippen LogP contribution in [0.1, 0.15) is 22.8 Å². The van der Waals surface area contributed by atoms with Crippen LogP contribution in [0.15, 0.2) is 65.1 Å². The van der Waals surface area contributed by atoms with Gasteiger partial charge in [0.15, 0.2) is 11.5 Å². The molecule has 8 nitrogen and oxygen atoms in total. The van der Waals surface area contributed by atoms with Crippen LogP contribution in [0.25, 0.3) is 23.2 Å². The second kappa shape index (κ2) is 8.52. The molecule has 30 heavy (non-hydrogen) atoms. The second-order valence-electron chi connectivity index (χ2n) is 6.54. The van der Waals surface area contributed by atoms with Gasteiger partial charge >= 0.3 is 5.97 Å². The largest absolute Gasteiger partial charge is 0.454 e. The van der Waals surface area contributed by atoms with Gasteiger partial charge in [-0.1, -0.05) is 48.5 Å². The van der Waals surface area contributed by atoms with Gasteiger partial charge in [-0.2, -0.15) is 4.68 Å². The first-order chi connectivity index (χ1) is 14.6. The van der Waals surface area contributed by atoms with E-state index in [9.17, 15) is 4.79 Å². The van der Waals surface area contributed by atoms with Crippen molar-refractivity contribution in [2.24, 2.45) is 0 Å². The molecular weight excluding hydrogens is 382 g/mol. The van der Waals surface area contributed by atoms with Gasteiger partial charge in [0.1, 0.15) is 18.1 Å². The molecule has 150 valence electrons. The van der Waals surface area contributed by atoms with Crippen molar-refractivity contribution in [3.05, 3.63) is 83.5 Å². The standard InChI is InChI=1S/C22H19N5O3/c1-15-19(23-21(30-15)18-11-7-4-8-12-18)14-29-22(28)20(27-16(2)24-25-26-27)13-17-9-5-3-6-10-17/h3-13H,14H2,1-2H3/b20-13-. The number of oxazole rings is 1. The summed E-state index contributed by atoms with van der Waals surface area (Å²) < 4.78 is 12.6. The molecule has 0 spiro atoms. The van der Waals surface area contributed by atoms with Gasteiger partial charge in [-0.05, 0) is 48.0 Å². The second-order valence-corrected chi connectivity index (χ2v) is 6.54. The molecule has 0 aliphatic heterocycles. The minimum atomic E-state index is -0.571. The Kier molecular flexibility index (Phi) is 5.47. The van der Waals surface area contributed by atoms with Crippen LogP contribution in [-0.4, -0.2) is 31.2 Å². The van der Waals surface area contributed by atoms with Gasteiger partial charge in [0.25, 0.3) is 0 Å². The number of esters is 1. The quantitative estimate of drug-likeness (QED) is 0.359. The number of hydrogen-bond acceptors (Lipinski definition) is 7. The summed E-state index contributed by atoms with van der Waals surface area (Å²) in [5.41, 5.74) is 2.43. The zero-order chi connectivity index (χ0) is 20.9. The van der Waals surface area contributed by atoms with Crippen molar-refractivity contribution in [2.75, 3.05) is 0 Å². The number of aromatic nitrogens is 5. The highest BCUT2D eigenvalue weighted by Gasteiger charge is 2.20. The summed E-state index contributed by atoms with van der Waals surface area (Å²) in [6.45, 7) is 3.46. The van der Waals surface area contributed by atoms with Crippen molar-refractivity contribution in [1.82, 2.24) is 25.2 Å². The summed E-state index contributed by atoms with van der Waals surface area (Å²) in [4.78, 5) is 17.4. The Morgan fingerprint density at radius 3 is 2.43 bits per heavy atom. The fourth-order valence-corrected chi connectivity index (χ4v) is 2.84. The van der Waals surface area contributed by atoms with Crippen molar-refractivity contribution in [3.8, 4) is 11.5 Å². The lowest BCUT2D eigenvalue weighted by molar-refractivity contribution is -0.138. The first-order valence-corrected chi connectivity index (χ1v) is 9.33. The van der Waals surface area contributed by atoms with Crippen LogP contribution in [0.2, 0.25) is 0 Å². The monoisotopic (exact) mass is 401 g/mol. The maximum atomic E-state index is 12.9. The number of rotatable bonds is 6. The number of carbonyl (C=O) groups excluding carboxylic acids is 1. The zero-order valence-electron chi connectivity index (χ0n) is 16.5. The van der Waals surface area contributed by atoms with Crippen LogP contribution in [0.5, 0.6) is 0 Å². The SMILES string of the molecule is Cc1oc(-c2ccccc2)nc1COC(=O)/C(=C/c1ccccc1)n1nnnc1C. The van der Waals surface area contributed by atoms with Crippen LogP contribution >= 0.6 is 0 Å². The van der Waals surface area contributed by atoms with Crippen molar-refractivity contribution in [2.45, 2.75) is 20.5 Å². The number of nitrogens with zero attached hydrogens (tertiary/aromatic N) is 5. The highest BCUT2D eigenvalue weighted by Crippen LogP contribution is 2.22. The molecule has 4 rings (SSSR count). The summed E-state index contributed by atoms with van der Waals surface area (Å²) in [6, 6.07) is 19.0. The first kappa shape index (κ1) is 19.3. The summed E-state index contributed by atoms with van der Waals surface area (Å²) in [6.07, 6.45) is 1.68. The molecule has 0 radical (unpaired) electrons. The van der Waals surface area contributed by atoms with Crippen molar-refractivity contribution < 1.29 is 13.9 Å². The van der Waals surface area contributed by atoms with Gasteiger partial charge in [-0.15, -0.1) is 5.10 Å². The Balaban J connectivity index is 1.56. The summed E-state index contributed by atoms with van der Waals surface area (Å²) in [5, 5.41) is 11.4. The van der Waals surface area contributed by atoms with E-state index in [0.29, 0.717) is 23.2 Å². The van der Waals surface area contributed by atoms with E-state index < -0.39 is 5.97 Å². The third-order valence-electron chi connectivity index (χ3n) is 4.42. The molecule has 2 aromatic heterocycles. The average molecular weight is 401 g/mol. The molecular formula is C22H19N5O3. The average Bonchev–Trinajstić information content (AvgIpc) is 3.37. The number of benzene rings is 2. The predicted octanol–water partition coefficient (Wildman–Crippen LogP) is 3.69. The molecule has 0 N–H and O–H groups in total. The topological polar surface area (TPSA) is 95.9 Å². The minimum absolute atomic E-state index is 0.0334. The predicted molar refractivity (Wildman–Crippen MR) is 110 cm³/mol. The normalized spacial score (nSPS) is 11.5. The van der Waals surface area contributed by atoms with Gasteiger partial charge in [0.2, 0.25) is 5.89 Å². The Bertz CT molecular complexity index is 1180. The zero-order valence-corrected chi connectivity index (χ0v) is 16.5. The molecule has 0 aliphatic carbocycles. The lowest BCUT2D eigenvalue weighted by atomic mass is 10.2. The maximum absolute atomic E-state index is 12.9. The van der Waals surface area contributed by atoms with Gasteiger partial charge in [-0.25, -0.2) is 9.78 Å². The van der Waals surface area contributed by atoms with Crippen molar-refractivity contribution in [3.63, 3.8) is 0 Å². The lowest BCUT2D eigenvalue weighted by Gasteiger charge is -2.08. The van der Waals surface area contributed by atoms with E-state index in [1.54, 1.807) is 19.9 Å². The Morgan fingerprint density at radius 1 is 1.07 bits per heavy atom. The molecule has 2 aromatic carbocycles. The molecule has 0 saturated carbocycles. The van der Waals surface area contributed by atoms with Gasteiger partial charge in [-0.3, -0.25) is 0 Å². The van der Waals surface area contributed by atoms with Gasteiger partial charge in [0, 0.05) is 5.56 Å². The van der Waals surface area contributed by atoms with Crippen LogP contribution in [0.3, 0.4) is 0 Å². The van der Waals surface area contributed by atoms with E-state index in [2.05, 4.69) is 20.5 Å². The smallest absolute Gasteiger partial charge is 0.357 e. The molecule has 0 saturated heterocycles. The Hall–Kier alpha value is -4.07. The third-order valence-corrected chi connectivity index (χ3v) is 4.42. The number of tetrazole rings is 1. The van der Waals surface area contributed by atoms with Crippen LogP contribution in [-0.2, 0) is 16.1 Å². The van der Waals surface area contributed by atoms with E-state index in [0.717, 1.165) is 11.1 Å². The van der Waals surface area contributed by atoms with E-state index in [1.165, 1.54) is 4.68 Å². The highest BCUT2D eigenvalue weighted by atomic mass is 16.5. The highest BCUT2D eigenvalue weighted by molar-refractivity contribution is 6.15. The van der Waals surface area contributed by atoms with E-state index in [1.807, 2.05) is 60.7 Å². The fourth-order valence-electron chi connectivity index (χ4n) is 2.84. The minimum Gasteiger partial charge on any atom is -0.454 e. The number of aryl methyl sites for hydroxylation is 2. The maximum Gasteiger partial charge on any atom is 0.357 e. The number of hydrogen-bond donors (Lipinski definition) is 0. The van der Waals surface area contributed by atoms with E-state index >= 15 is 0 Å². The fraction of sp³-hybridized carbons (Fsp3) is 0.136. The van der Waals surface area contributed by atoms with Gasteiger partial charge < -0.3 is 9.15 Å². The van der Waals surface area contributed by atoms with Crippen LogP contribution in [0, 0.1) is 13.8 Å². The van der Waals surface area contributed by atoms with Crippen LogP contribution < -0.4 is 0 Å². The molecule has 0 unspecified atom stereocenters. The number of ether oxygens (including phenoxy) is 1. The Labute approximate surface area is 172 Å². The van der Waals surface area contributed by atoms with Crippen molar-refractivity contribution >= 4 is 17.7 Å². The first-order valence-electron chi connectivity index (χ1n) is 9.33. The summed E-state index contributed by atoms with van der Waals surface area (Å²) in [5.74, 6) is 0.973. The van der Waals surface area contributed by atoms with E-state index in [-0.39, 0.29) is 12.3 Å². The van der Waals surface area contributed by atoms with Crippen molar-refractivity contribution in [1.29, 1.82) is 0 Å². The molecule has 0 bridgehead atoms. The molecule has 0 aliphatic rings. The molecule has 0 fully saturated rings. The molecule has 2 heterocycles. The number of carbonyl (C=O) groups is 1. The molecule has 8 heteroatoms. The van der Waals surface area contributed by atoms with Gasteiger partial charge in [0.05, 0.1) is 0 Å². The van der Waals surface area contributed by atoms with Crippen LogP contribution in [0.4, 0.5) is 0 Å². The molecule has 0 atom stereocenters. The molecule has 4 aromatic rings. The summed E-state index contributed by atoms with van der Waals surface area (Å²) >= 11 is 0. The summed E-state index contributed by atoms with van der Waals surface area (Å²) in [7, 11) is 0. The third kappa shape index (κ3) is 4.17. The lowest BCUT2D eigenvalue weighted by Crippen LogP contribution is -2.15. The Morgan fingerprint density at radius 2 is 1.77 bits per heavy atom. The molecule has 0 amide bonds.